The minimum absolute atomic E-state index is 0.159. The van der Waals surface area contributed by atoms with Gasteiger partial charge in [-0.15, -0.1) is 0 Å². The second kappa shape index (κ2) is 9.69. The summed E-state index contributed by atoms with van der Waals surface area (Å²) in [6.07, 6.45) is 4.73. The van der Waals surface area contributed by atoms with E-state index in [1.54, 1.807) is 0 Å². The number of aliphatic imine (C=N–C) groups is 1. The van der Waals surface area contributed by atoms with Crippen molar-refractivity contribution in [2.75, 3.05) is 13.2 Å². The predicted octanol–water partition coefficient (Wildman–Crippen LogP) is 2.98. The highest BCUT2D eigenvalue weighted by molar-refractivity contribution is 5.97. The molecule has 0 heterocycles. The number of carbonyl (C=O) groups is 1. The van der Waals surface area contributed by atoms with Gasteiger partial charge in [0.2, 0.25) is 0 Å². The fourth-order valence-electron chi connectivity index (χ4n) is 1.16. The molecule has 3 heteroatoms. The van der Waals surface area contributed by atoms with Crippen LogP contribution in [0.4, 0.5) is 0 Å². The molecular weight excluding hydrogens is 190 g/mol. The Balaban J connectivity index is 3.61. The molecule has 15 heavy (non-hydrogen) atoms. The van der Waals surface area contributed by atoms with E-state index in [1.165, 1.54) is 12.8 Å². The average molecular weight is 213 g/mol. The lowest BCUT2D eigenvalue weighted by Gasteiger charge is -2.02. The van der Waals surface area contributed by atoms with Crippen LogP contribution in [0.25, 0.3) is 0 Å². The van der Waals surface area contributed by atoms with Gasteiger partial charge in [-0.25, -0.2) is 0 Å². The molecule has 0 rings (SSSR count). The largest absolute Gasteiger partial charge is 0.465 e. The number of hydrogen-bond donors (Lipinski definition) is 0. The molecule has 0 bridgehead atoms. The van der Waals surface area contributed by atoms with Crippen molar-refractivity contribution in [1.29, 1.82) is 0 Å². The maximum atomic E-state index is 11.2. The monoisotopic (exact) mass is 213 g/mol. The Morgan fingerprint density at radius 3 is 2.53 bits per heavy atom. The molecule has 0 radical (unpaired) electrons. The number of unbranched alkanes of at least 4 members (excludes halogenated alkanes) is 2. The molecule has 0 aromatic heterocycles. The van der Waals surface area contributed by atoms with Crippen LogP contribution in [0, 0.1) is 0 Å². The topological polar surface area (TPSA) is 38.7 Å². The van der Waals surface area contributed by atoms with Crippen molar-refractivity contribution in [3.63, 3.8) is 0 Å². The quantitative estimate of drug-likeness (QED) is 0.353. The highest BCUT2D eigenvalue weighted by Gasteiger charge is 2.03. The summed E-state index contributed by atoms with van der Waals surface area (Å²) in [7, 11) is 0. The van der Waals surface area contributed by atoms with Gasteiger partial charge in [-0.05, 0) is 19.8 Å². The van der Waals surface area contributed by atoms with Crippen LogP contribution in [-0.2, 0) is 9.53 Å². The molecule has 0 aliphatic heterocycles. The number of esters is 1. The maximum Gasteiger partial charge on any atom is 0.311 e. The van der Waals surface area contributed by atoms with E-state index < -0.39 is 0 Å². The van der Waals surface area contributed by atoms with Crippen LogP contribution in [0.5, 0.6) is 0 Å². The van der Waals surface area contributed by atoms with E-state index in [1.807, 2.05) is 13.8 Å². The molecule has 0 aromatic carbocycles. The van der Waals surface area contributed by atoms with E-state index >= 15 is 0 Å². The van der Waals surface area contributed by atoms with Crippen molar-refractivity contribution >= 4 is 11.7 Å². The summed E-state index contributed by atoms with van der Waals surface area (Å²) < 4.78 is 4.97. The first-order valence-corrected chi connectivity index (χ1v) is 5.86. The Morgan fingerprint density at radius 1 is 1.20 bits per heavy atom. The lowest BCUT2D eigenvalue weighted by atomic mass is 10.2. The summed E-state index contributed by atoms with van der Waals surface area (Å²) >= 11 is 0. The van der Waals surface area contributed by atoms with Gasteiger partial charge < -0.3 is 4.74 Å². The SMILES string of the molecule is CCCCCN=C(C)CC(=O)OCCC. The Kier molecular flexibility index (Phi) is 9.13. The lowest BCUT2D eigenvalue weighted by Crippen LogP contribution is -2.10. The van der Waals surface area contributed by atoms with Crippen molar-refractivity contribution in [3.05, 3.63) is 0 Å². The third kappa shape index (κ3) is 9.44. The highest BCUT2D eigenvalue weighted by Crippen LogP contribution is 1.97. The second-order valence-electron chi connectivity index (χ2n) is 3.72. The Bertz CT molecular complexity index is 200. The van der Waals surface area contributed by atoms with E-state index in [4.69, 9.17) is 4.74 Å². The zero-order valence-corrected chi connectivity index (χ0v) is 10.2. The second-order valence-corrected chi connectivity index (χ2v) is 3.72. The standard InChI is InChI=1S/C12H23NO2/c1-4-6-7-8-13-11(3)10-12(14)15-9-5-2/h4-10H2,1-3H3. The zero-order chi connectivity index (χ0) is 11.5. The molecule has 0 spiro atoms. The van der Waals surface area contributed by atoms with E-state index in [9.17, 15) is 4.79 Å². The Labute approximate surface area is 92.9 Å². The van der Waals surface area contributed by atoms with Crippen molar-refractivity contribution in [3.8, 4) is 0 Å². The Morgan fingerprint density at radius 2 is 1.93 bits per heavy atom. The summed E-state index contributed by atoms with van der Waals surface area (Å²) in [6.45, 7) is 7.39. The molecule has 0 N–H and O–H groups in total. The summed E-state index contributed by atoms with van der Waals surface area (Å²) in [5.41, 5.74) is 0.882. The minimum atomic E-state index is -0.159. The summed E-state index contributed by atoms with van der Waals surface area (Å²) in [5.74, 6) is -0.159. The highest BCUT2D eigenvalue weighted by atomic mass is 16.5. The summed E-state index contributed by atoms with van der Waals surface area (Å²) in [5, 5.41) is 0. The summed E-state index contributed by atoms with van der Waals surface area (Å²) in [6, 6.07) is 0. The number of rotatable bonds is 8. The molecule has 0 aliphatic rings. The number of carbonyl (C=O) groups excluding carboxylic acids is 1. The summed E-state index contributed by atoms with van der Waals surface area (Å²) in [4.78, 5) is 15.5. The van der Waals surface area contributed by atoms with Crippen LogP contribution in [0.3, 0.4) is 0 Å². The van der Waals surface area contributed by atoms with Crippen molar-refractivity contribution in [1.82, 2.24) is 0 Å². The average Bonchev–Trinajstić information content (AvgIpc) is 2.21. The first-order chi connectivity index (χ1) is 7.20. The minimum Gasteiger partial charge on any atom is -0.465 e. The van der Waals surface area contributed by atoms with Gasteiger partial charge in [-0.1, -0.05) is 26.7 Å². The molecule has 0 saturated carbocycles. The fourth-order valence-corrected chi connectivity index (χ4v) is 1.16. The van der Waals surface area contributed by atoms with E-state index in [-0.39, 0.29) is 5.97 Å². The molecular formula is C12H23NO2. The molecule has 3 nitrogen and oxygen atoms in total. The molecule has 0 atom stereocenters. The van der Waals surface area contributed by atoms with Crippen molar-refractivity contribution in [2.24, 2.45) is 4.99 Å². The third-order valence-electron chi connectivity index (χ3n) is 2.01. The first-order valence-electron chi connectivity index (χ1n) is 5.86. The fraction of sp³-hybridized carbons (Fsp3) is 0.833. The maximum absolute atomic E-state index is 11.2. The Hall–Kier alpha value is -0.860. The number of hydrogen-bond acceptors (Lipinski definition) is 3. The molecule has 0 unspecified atom stereocenters. The van der Waals surface area contributed by atoms with Crippen LogP contribution < -0.4 is 0 Å². The molecule has 88 valence electrons. The van der Waals surface area contributed by atoms with Gasteiger partial charge >= 0.3 is 5.97 Å². The van der Waals surface area contributed by atoms with Gasteiger partial charge in [-0.3, -0.25) is 9.79 Å². The van der Waals surface area contributed by atoms with Crippen LogP contribution in [0.1, 0.15) is 52.9 Å². The van der Waals surface area contributed by atoms with Gasteiger partial charge in [0, 0.05) is 12.3 Å². The molecule has 0 saturated heterocycles. The van der Waals surface area contributed by atoms with Crippen LogP contribution in [-0.4, -0.2) is 24.8 Å². The van der Waals surface area contributed by atoms with E-state index in [0.29, 0.717) is 13.0 Å². The molecule has 0 aromatic rings. The van der Waals surface area contributed by atoms with E-state index in [2.05, 4.69) is 11.9 Å². The van der Waals surface area contributed by atoms with Gasteiger partial charge in [0.25, 0.3) is 0 Å². The van der Waals surface area contributed by atoms with Crippen LogP contribution >= 0.6 is 0 Å². The normalized spacial score (nSPS) is 11.5. The van der Waals surface area contributed by atoms with Crippen molar-refractivity contribution < 1.29 is 9.53 Å². The van der Waals surface area contributed by atoms with Crippen molar-refractivity contribution in [2.45, 2.75) is 52.9 Å². The number of ether oxygens (including phenoxy) is 1. The van der Waals surface area contributed by atoms with E-state index in [0.717, 1.165) is 25.1 Å². The van der Waals surface area contributed by atoms with Crippen LogP contribution in [0.2, 0.25) is 0 Å². The van der Waals surface area contributed by atoms with Gasteiger partial charge in [0.15, 0.2) is 0 Å². The van der Waals surface area contributed by atoms with Crippen LogP contribution in [0.15, 0.2) is 4.99 Å². The smallest absolute Gasteiger partial charge is 0.311 e. The molecule has 0 fully saturated rings. The number of nitrogens with zero attached hydrogens (tertiary/aromatic N) is 1. The van der Waals surface area contributed by atoms with Gasteiger partial charge in [-0.2, -0.15) is 0 Å². The molecule has 0 amide bonds. The van der Waals surface area contributed by atoms with Gasteiger partial charge in [0.05, 0.1) is 13.0 Å². The third-order valence-corrected chi connectivity index (χ3v) is 2.01. The lowest BCUT2D eigenvalue weighted by molar-refractivity contribution is -0.142. The first kappa shape index (κ1) is 14.1. The predicted molar refractivity (Wildman–Crippen MR) is 63.4 cm³/mol. The zero-order valence-electron chi connectivity index (χ0n) is 10.2. The van der Waals surface area contributed by atoms with Gasteiger partial charge in [0.1, 0.15) is 0 Å². The molecule has 0 aliphatic carbocycles.